The van der Waals surface area contributed by atoms with Crippen LogP contribution in [0.15, 0.2) is 36.4 Å². The highest BCUT2D eigenvalue weighted by Crippen LogP contribution is 2.38. The van der Waals surface area contributed by atoms with Gasteiger partial charge in [-0.05, 0) is 37.3 Å². The summed E-state index contributed by atoms with van der Waals surface area (Å²) in [7, 11) is 0. The van der Waals surface area contributed by atoms with Crippen LogP contribution < -0.4 is 15.5 Å². The summed E-state index contributed by atoms with van der Waals surface area (Å²) in [6, 6.07) is 12.0. The van der Waals surface area contributed by atoms with E-state index < -0.39 is 0 Å². The maximum Gasteiger partial charge on any atom is 0.220 e. The minimum Gasteiger partial charge on any atom is -0.356 e. The lowest BCUT2D eigenvalue weighted by Gasteiger charge is -2.38. The predicted molar refractivity (Wildman–Crippen MR) is 98.0 cm³/mol. The Labute approximate surface area is 147 Å². The van der Waals surface area contributed by atoms with Crippen LogP contribution in [0, 0.1) is 12.3 Å². The molecule has 130 valence electrons. The Hall–Kier alpha value is -2.63. The van der Waals surface area contributed by atoms with Crippen LogP contribution in [0.3, 0.4) is 0 Å². The third-order valence-electron chi connectivity index (χ3n) is 5.21. The summed E-state index contributed by atoms with van der Waals surface area (Å²) in [5, 5.41) is 6.33. The Bertz CT molecular complexity index is 769. The second-order valence-electron chi connectivity index (χ2n) is 7.09. The van der Waals surface area contributed by atoms with Crippen molar-refractivity contribution in [3.8, 4) is 0 Å². The summed E-state index contributed by atoms with van der Waals surface area (Å²) < 4.78 is 0. The van der Waals surface area contributed by atoms with Gasteiger partial charge in [0.15, 0.2) is 0 Å². The van der Waals surface area contributed by atoms with Crippen molar-refractivity contribution in [2.45, 2.75) is 26.2 Å². The van der Waals surface area contributed by atoms with Crippen LogP contribution in [-0.2, 0) is 4.79 Å². The molecule has 2 aromatic rings. The van der Waals surface area contributed by atoms with Crippen molar-refractivity contribution >= 4 is 23.2 Å². The molecule has 1 spiro atoms. The van der Waals surface area contributed by atoms with Crippen LogP contribution in [0.1, 0.15) is 25.1 Å². The highest BCUT2D eigenvalue weighted by atomic mass is 16.1. The van der Waals surface area contributed by atoms with E-state index in [2.05, 4.69) is 25.5 Å². The lowest BCUT2D eigenvalue weighted by Crippen LogP contribution is -2.41. The van der Waals surface area contributed by atoms with Crippen molar-refractivity contribution in [3.63, 3.8) is 0 Å². The maximum atomic E-state index is 11.6. The van der Waals surface area contributed by atoms with Crippen molar-refractivity contribution in [1.82, 2.24) is 15.3 Å². The average Bonchev–Trinajstić information content (AvgIpc) is 2.96. The zero-order valence-corrected chi connectivity index (χ0v) is 14.5. The minimum absolute atomic E-state index is 0.154. The van der Waals surface area contributed by atoms with Crippen LogP contribution in [-0.4, -0.2) is 35.5 Å². The molecule has 1 amide bonds. The summed E-state index contributed by atoms with van der Waals surface area (Å²) in [4.78, 5) is 23.0. The molecule has 2 N–H and O–H groups in total. The third kappa shape index (κ3) is 3.43. The predicted octanol–water partition coefficient (Wildman–Crippen LogP) is 2.64. The van der Waals surface area contributed by atoms with E-state index >= 15 is 0 Å². The van der Waals surface area contributed by atoms with E-state index in [1.54, 1.807) is 0 Å². The number of benzene rings is 1. The normalized spacial score (nSPS) is 19.1. The SMILES string of the molecule is Cc1nc(Nc2ccccc2)cc(N2CCC3(CC2)CNC(=O)C3)n1. The molecule has 25 heavy (non-hydrogen) atoms. The molecule has 1 aromatic heterocycles. The van der Waals surface area contributed by atoms with E-state index in [9.17, 15) is 4.79 Å². The Morgan fingerprint density at radius 1 is 1.16 bits per heavy atom. The van der Waals surface area contributed by atoms with Gasteiger partial charge in [0, 0.05) is 37.8 Å². The zero-order valence-electron chi connectivity index (χ0n) is 14.5. The van der Waals surface area contributed by atoms with E-state index in [1.807, 2.05) is 43.3 Å². The maximum absolute atomic E-state index is 11.6. The van der Waals surface area contributed by atoms with E-state index in [1.165, 1.54) is 0 Å². The first-order valence-corrected chi connectivity index (χ1v) is 8.81. The van der Waals surface area contributed by atoms with E-state index in [0.29, 0.717) is 6.42 Å². The van der Waals surface area contributed by atoms with Gasteiger partial charge in [-0.1, -0.05) is 18.2 Å². The third-order valence-corrected chi connectivity index (χ3v) is 5.21. The van der Waals surface area contributed by atoms with Gasteiger partial charge in [0.2, 0.25) is 5.91 Å². The van der Waals surface area contributed by atoms with Crippen LogP contribution in [0.5, 0.6) is 0 Å². The van der Waals surface area contributed by atoms with Gasteiger partial charge in [-0.2, -0.15) is 0 Å². The molecule has 6 nitrogen and oxygen atoms in total. The Kier molecular flexibility index (Phi) is 4.03. The van der Waals surface area contributed by atoms with Crippen molar-refractivity contribution in [2.75, 3.05) is 29.9 Å². The topological polar surface area (TPSA) is 70.2 Å². The second-order valence-corrected chi connectivity index (χ2v) is 7.09. The highest BCUT2D eigenvalue weighted by Gasteiger charge is 2.41. The first-order chi connectivity index (χ1) is 12.1. The molecule has 0 aliphatic carbocycles. The second kappa shape index (κ2) is 6.35. The number of para-hydroxylation sites is 1. The van der Waals surface area contributed by atoms with E-state index in [0.717, 1.165) is 55.6 Å². The fourth-order valence-corrected chi connectivity index (χ4v) is 3.76. The first-order valence-electron chi connectivity index (χ1n) is 8.81. The number of hydrogen-bond donors (Lipinski definition) is 2. The number of piperidine rings is 1. The van der Waals surface area contributed by atoms with Gasteiger partial charge in [-0.3, -0.25) is 4.79 Å². The van der Waals surface area contributed by atoms with Crippen LogP contribution in [0.2, 0.25) is 0 Å². The van der Waals surface area contributed by atoms with E-state index in [-0.39, 0.29) is 11.3 Å². The molecule has 2 aliphatic rings. The Balaban J connectivity index is 1.48. The number of aryl methyl sites for hydroxylation is 1. The number of rotatable bonds is 3. The zero-order chi connectivity index (χ0) is 17.3. The quantitative estimate of drug-likeness (QED) is 0.901. The monoisotopic (exact) mass is 337 g/mol. The molecule has 2 fully saturated rings. The van der Waals surface area contributed by atoms with Crippen molar-refractivity contribution < 1.29 is 4.79 Å². The minimum atomic E-state index is 0.154. The Morgan fingerprint density at radius 3 is 2.60 bits per heavy atom. The number of carbonyl (C=O) groups is 1. The number of carbonyl (C=O) groups excluding carboxylic acids is 1. The van der Waals surface area contributed by atoms with Crippen LogP contribution >= 0.6 is 0 Å². The van der Waals surface area contributed by atoms with Gasteiger partial charge in [-0.15, -0.1) is 0 Å². The summed E-state index contributed by atoms with van der Waals surface area (Å²) in [6.07, 6.45) is 2.72. The molecule has 0 bridgehead atoms. The van der Waals surface area contributed by atoms with Crippen molar-refractivity contribution in [2.24, 2.45) is 5.41 Å². The summed E-state index contributed by atoms with van der Waals surface area (Å²) in [6.45, 7) is 4.60. The molecular weight excluding hydrogens is 314 g/mol. The standard InChI is InChI=1S/C19H23N5O/c1-14-21-16(23-15-5-3-2-4-6-15)11-17(22-14)24-9-7-19(8-10-24)12-18(25)20-13-19/h2-6,11H,7-10,12-13H2,1H3,(H,20,25)(H,21,22,23). The average molecular weight is 337 g/mol. The first kappa shape index (κ1) is 15.9. The molecule has 0 atom stereocenters. The number of hydrogen-bond acceptors (Lipinski definition) is 5. The van der Waals surface area contributed by atoms with Gasteiger partial charge in [-0.25, -0.2) is 9.97 Å². The molecule has 1 aromatic carbocycles. The number of amides is 1. The Morgan fingerprint density at radius 2 is 1.92 bits per heavy atom. The fraction of sp³-hybridized carbons (Fsp3) is 0.421. The fourth-order valence-electron chi connectivity index (χ4n) is 3.76. The van der Waals surface area contributed by atoms with Gasteiger partial charge < -0.3 is 15.5 Å². The summed E-state index contributed by atoms with van der Waals surface area (Å²) in [5.74, 6) is 2.72. The number of nitrogens with one attached hydrogen (secondary N) is 2. The number of nitrogens with zero attached hydrogens (tertiary/aromatic N) is 3. The van der Waals surface area contributed by atoms with E-state index in [4.69, 9.17) is 0 Å². The molecule has 0 radical (unpaired) electrons. The molecule has 4 rings (SSSR count). The molecule has 6 heteroatoms. The molecule has 2 saturated heterocycles. The molecule has 3 heterocycles. The smallest absolute Gasteiger partial charge is 0.220 e. The number of aromatic nitrogens is 2. The summed E-state index contributed by atoms with van der Waals surface area (Å²) >= 11 is 0. The van der Waals surface area contributed by atoms with Gasteiger partial charge in [0.1, 0.15) is 17.5 Å². The lowest BCUT2D eigenvalue weighted by molar-refractivity contribution is -0.119. The van der Waals surface area contributed by atoms with Gasteiger partial charge in [0.05, 0.1) is 0 Å². The summed E-state index contributed by atoms with van der Waals surface area (Å²) in [5.41, 5.74) is 1.17. The highest BCUT2D eigenvalue weighted by molar-refractivity contribution is 5.79. The van der Waals surface area contributed by atoms with Gasteiger partial charge in [0.25, 0.3) is 0 Å². The number of anilines is 3. The molecule has 0 saturated carbocycles. The van der Waals surface area contributed by atoms with Crippen LogP contribution in [0.4, 0.5) is 17.3 Å². The molecule has 2 aliphatic heterocycles. The largest absolute Gasteiger partial charge is 0.356 e. The van der Waals surface area contributed by atoms with Crippen molar-refractivity contribution in [1.29, 1.82) is 0 Å². The molecular formula is C19H23N5O. The lowest BCUT2D eigenvalue weighted by atomic mass is 9.78. The van der Waals surface area contributed by atoms with Crippen LogP contribution in [0.25, 0.3) is 0 Å². The molecule has 0 unspecified atom stereocenters. The van der Waals surface area contributed by atoms with Gasteiger partial charge >= 0.3 is 0 Å². The van der Waals surface area contributed by atoms with Crippen molar-refractivity contribution in [3.05, 3.63) is 42.2 Å².